The minimum atomic E-state index is -6.97. The van der Waals surface area contributed by atoms with E-state index in [1.165, 1.54) is 0 Å². The van der Waals surface area contributed by atoms with E-state index in [0.29, 0.717) is 0 Å². The first-order valence-corrected chi connectivity index (χ1v) is 6.71. The van der Waals surface area contributed by atoms with Gasteiger partial charge in [0.25, 0.3) is 0 Å². The van der Waals surface area contributed by atoms with Gasteiger partial charge < -0.3 is 0 Å². The van der Waals surface area contributed by atoms with Crippen molar-refractivity contribution in [1.29, 1.82) is 0 Å². The maximum atomic E-state index is 12.4. The van der Waals surface area contributed by atoms with Crippen molar-refractivity contribution in [2.75, 3.05) is 33.0 Å². The molecule has 104 valence electrons. The van der Waals surface area contributed by atoms with Crippen molar-refractivity contribution in [1.82, 2.24) is 0 Å². The molecule has 0 atom stereocenters. The summed E-state index contributed by atoms with van der Waals surface area (Å²) in [7, 11) is -6.97. The van der Waals surface area contributed by atoms with Gasteiger partial charge >= 0.3 is 104 Å². The molecule has 0 bridgehead atoms. The Bertz CT molecular complexity index is 299. The second-order valence-corrected chi connectivity index (χ2v) is 5.13. The third-order valence-electron chi connectivity index (χ3n) is 1.60. The van der Waals surface area contributed by atoms with Crippen molar-refractivity contribution in [3.05, 3.63) is 0 Å². The van der Waals surface area contributed by atoms with Crippen LogP contribution in [0, 0.1) is 30.6 Å². The summed E-state index contributed by atoms with van der Waals surface area (Å²) in [5.74, 6) is 3.75. The number of rotatable bonds is 9. The molecule has 0 aromatic carbocycles. The molecule has 2 N–H and O–H groups in total. The number of terminal acetylenes is 2. The molecule has 8 heteroatoms. The second-order valence-electron chi connectivity index (χ2n) is 3.36. The van der Waals surface area contributed by atoms with E-state index in [1.807, 2.05) is 0 Å². The Balaban J connectivity index is 4.13. The topological polar surface area (TPSA) is 68.2 Å². The van der Waals surface area contributed by atoms with Gasteiger partial charge in [-0.15, -0.1) is 0 Å². The van der Waals surface area contributed by atoms with Crippen molar-refractivity contribution in [3.8, 4) is 24.7 Å². The van der Waals surface area contributed by atoms with Crippen LogP contribution in [0.2, 0.25) is 0 Å². The van der Waals surface area contributed by atoms with Gasteiger partial charge in [-0.25, -0.2) is 0 Å². The Labute approximate surface area is 104 Å². The molecule has 0 fully saturated rings. The molecule has 0 aromatic rings. The summed E-state index contributed by atoms with van der Waals surface area (Å²) in [4.78, 5) is 16.5. The van der Waals surface area contributed by atoms with Gasteiger partial charge in [0.1, 0.15) is 0 Å². The van der Waals surface area contributed by atoms with Crippen molar-refractivity contribution in [2.45, 2.75) is 0 Å². The molecule has 0 saturated heterocycles. The van der Waals surface area contributed by atoms with Gasteiger partial charge in [0.15, 0.2) is 0 Å². The van der Waals surface area contributed by atoms with Gasteiger partial charge in [0, 0.05) is 0 Å². The van der Waals surface area contributed by atoms with E-state index in [-0.39, 0.29) is 26.4 Å². The molecule has 0 amide bonds. The molecule has 0 radical (unpaired) electrons. The third-order valence-corrected chi connectivity index (χ3v) is 2.18. The van der Waals surface area contributed by atoms with Crippen LogP contribution in [-0.2, 0) is 14.0 Å². The third kappa shape index (κ3) is 11.7. The summed E-state index contributed by atoms with van der Waals surface area (Å²) in [5, 5.41) is 0. The summed E-state index contributed by atoms with van der Waals surface area (Å²) < 4.78 is 38.5. The van der Waals surface area contributed by atoms with Crippen LogP contribution in [0.3, 0.4) is 0 Å². The first-order chi connectivity index (χ1) is 8.24. The van der Waals surface area contributed by atoms with Crippen molar-refractivity contribution in [2.24, 2.45) is 5.92 Å². The fourth-order valence-electron chi connectivity index (χ4n) is 0.942. The summed E-state index contributed by atoms with van der Waals surface area (Å²) >= 11 is 0. The summed E-state index contributed by atoms with van der Waals surface area (Å²) in [6.45, 7) is -0.701. The van der Waals surface area contributed by atoms with Crippen LogP contribution in [0.5, 0.6) is 0 Å². The van der Waals surface area contributed by atoms with Crippen LogP contribution < -0.4 is 0 Å². The Hall–Kier alpha value is -0.790. The van der Waals surface area contributed by atoms with Gasteiger partial charge in [-0.1, -0.05) is 0 Å². The fourth-order valence-corrected chi connectivity index (χ4v) is 1.40. The van der Waals surface area contributed by atoms with E-state index in [4.69, 9.17) is 32.1 Å². The monoisotopic (exact) mass is 284 g/mol. The molecule has 0 unspecified atom stereocenters. The Morgan fingerprint density at radius 3 is 1.78 bits per heavy atom. The molecular weight excluding hydrogens is 269 g/mol. The zero-order valence-corrected chi connectivity index (χ0v) is 10.5. The van der Waals surface area contributed by atoms with Crippen LogP contribution in [0.25, 0.3) is 0 Å². The van der Waals surface area contributed by atoms with Crippen LogP contribution in [-0.4, -0.2) is 42.8 Å². The minimum absolute atomic E-state index is 0.00125. The molecule has 0 heterocycles. The van der Waals surface area contributed by atoms with Gasteiger partial charge in [0.05, 0.1) is 0 Å². The number of halogens is 2. The summed E-state index contributed by atoms with van der Waals surface area (Å²) in [5.41, 5.74) is 0. The number of hydrogen-bond acceptors (Lipinski definition) is 5. The Kier molecular flexibility index (Phi) is 7.27. The van der Waals surface area contributed by atoms with Gasteiger partial charge in [0.2, 0.25) is 0 Å². The molecular formula is C10H15F2O5P. The Morgan fingerprint density at radius 2 is 1.44 bits per heavy atom. The fraction of sp³-hybridized carbons (Fsp3) is 0.600. The van der Waals surface area contributed by atoms with E-state index < -0.39 is 20.4 Å². The standard InChI is InChI=1S/C10H15F2O5P/c1-3-5-15-7-10(8-16-6-4-2)9-17-18(11,12,13)14/h1-2,10,13-14H,5-9H2. The molecule has 0 aliphatic rings. The molecule has 0 spiro atoms. The van der Waals surface area contributed by atoms with Crippen molar-refractivity contribution >= 4 is 7.91 Å². The average molecular weight is 284 g/mol. The average Bonchev–Trinajstić information content (AvgIpc) is 2.23. The van der Waals surface area contributed by atoms with Gasteiger partial charge in [-0.2, -0.15) is 0 Å². The summed E-state index contributed by atoms with van der Waals surface area (Å²) in [6.07, 6.45) is 9.89. The Morgan fingerprint density at radius 1 is 1.00 bits per heavy atom. The van der Waals surface area contributed by atoms with Gasteiger partial charge in [-0.05, 0) is 0 Å². The summed E-state index contributed by atoms with van der Waals surface area (Å²) in [6, 6.07) is 0. The molecule has 0 rings (SSSR count). The first kappa shape index (κ1) is 17.2. The van der Waals surface area contributed by atoms with Crippen molar-refractivity contribution in [3.63, 3.8) is 0 Å². The number of ether oxygens (including phenoxy) is 2. The second kappa shape index (κ2) is 7.60. The van der Waals surface area contributed by atoms with Crippen LogP contribution in [0.4, 0.5) is 8.39 Å². The molecule has 0 aliphatic carbocycles. The van der Waals surface area contributed by atoms with Gasteiger partial charge in [-0.3, -0.25) is 0 Å². The maximum absolute atomic E-state index is 12.4. The van der Waals surface area contributed by atoms with Crippen LogP contribution >= 0.6 is 7.91 Å². The quantitative estimate of drug-likeness (QED) is 0.375. The van der Waals surface area contributed by atoms with Crippen LogP contribution in [0.1, 0.15) is 0 Å². The van der Waals surface area contributed by atoms with E-state index in [0.717, 1.165) is 0 Å². The predicted molar refractivity (Wildman–Crippen MR) is 62.3 cm³/mol. The molecule has 18 heavy (non-hydrogen) atoms. The molecule has 0 saturated carbocycles. The molecule has 0 aromatic heterocycles. The molecule has 0 aliphatic heterocycles. The SMILES string of the molecule is C#CCOCC(COCC#C)COP(O)(O)(F)F. The normalized spacial score (nSPS) is 13.6. The zero-order valence-electron chi connectivity index (χ0n) is 9.59. The van der Waals surface area contributed by atoms with E-state index >= 15 is 0 Å². The van der Waals surface area contributed by atoms with E-state index in [2.05, 4.69) is 16.4 Å². The molecule has 5 nitrogen and oxygen atoms in total. The van der Waals surface area contributed by atoms with Crippen LogP contribution in [0.15, 0.2) is 0 Å². The van der Waals surface area contributed by atoms with E-state index in [9.17, 15) is 8.39 Å². The number of hydrogen-bond donors (Lipinski definition) is 2. The first-order valence-electron chi connectivity index (χ1n) is 4.87. The van der Waals surface area contributed by atoms with E-state index in [1.54, 1.807) is 0 Å². The van der Waals surface area contributed by atoms with Crippen molar-refractivity contribution < 1.29 is 32.2 Å². The predicted octanol–water partition coefficient (Wildman–Crippen LogP) is 0.971. The zero-order chi connectivity index (χ0) is 14.1.